The van der Waals surface area contributed by atoms with Crippen LogP contribution in [0.25, 0.3) is 0 Å². The van der Waals surface area contributed by atoms with Crippen LogP contribution in [0.1, 0.15) is 24.2 Å². The summed E-state index contributed by atoms with van der Waals surface area (Å²) in [5, 5.41) is 2.77. The van der Waals surface area contributed by atoms with E-state index in [4.69, 9.17) is 5.84 Å². The van der Waals surface area contributed by atoms with Crippen LogP contribution in [-0.2, 0) is 4.79 Å². The first-order chi connectivity index (χ1) is 8.96. The summed E-state index contributed by atoms with van der Waals surface area (Å²) in [7, 11) is 0. The zero-order chi connectivity index (χ0) is 14.0. The summed E-state index contributed by atoms with van der Waals surface area (Å²) in [5.41, 5.74) is 2.95. The topological polar surface area (TPSA) is 87.5 Å². The molecule has 4 N–H and O–H groups in total. The molecule has 0 radical (unpaired) electrons. The van der Waals surface area contributed by atoms with E-state index in [1.54, 1.807) is 43.0 Å². The number of hydrazine groups is 1. The van der Waals surface area contributed by atoms with E-state index in [9.17, 15) is 9.59 Å². The second-order valence-electron chi connectivity index (χ2n) is 4.99. The second-order valence-corrected chi connectivity index (χ2v) is 4.99. The summed E-state index contributed by atoms with van der Waals surface area (Å²) in [6, 6.07) is 6.84. The van der Waals surface area contributed by atoms with Gasteiger partial charge in [0.25, 0.3) is 5.91 Å². The van der Waals surface area contributed by atoms with Crippen LogP contribution in [0.3, 0.4) is 0 Å². The number of nitrogens with two attached hydrogens (primary N) is 1. The van der Waals surface area contributed by atoms with Gasteiger partial charge in [0.1, 0.15) is 5.54 Å². The highest BCUT2D eigenvalue weighted by molar-refractivity contribution is 5.99. The third-order valence-electron chi connectivity index (χ3n) is 3.40. The molecule has 19 heavy (non-hydrogen) atoms. The van der Waals surface area contributed by atoms with Crippen LogP contribution in [-0.4, -0.2) is 35.3 Å². The first-order valence-electron chi connectivity index (χ1n) is 6.14. The summed E-state index contributed by atoms with van der Waals surface area (Å²) in [6.45, 7) is 4.48. The first kappa shape index (κ1) is 13.4. The van der Waals surface area contributed by atoms with Crippen molar-refractivity contribution in [2.45, 2.75) is 19.4 Å². The SMILES string of the molecule is CC1(C)C(=O)NCCN1C(=O)c1ccc(NN)cc1. The van der Waals surface area contributed by atoms with Crippen LogP contribution in [0.15, 0.2) is 24.3 Å². The van der Waals surface area contributed by atoms with Crippen LogP contribution in [0.4, 0.5) is 5.69 Å². The van der Waals surface area contributed by atoms with Crippen molar-refractivity contribution in [2.24, 2.45) is 5.84 Å². The molecule has 1 fully saturated rings. The third kappa shape index (κ3) is 2.39. The average molecular weight is 262 g/mol. The molecule has 0 aliphatic carbocycles. The van der Waals surface area contributed by atoms with Crippen molar-refractivity contribution in [2.75, 3.05) is 18.5 Å². The Balaban J connectivity index is 2.24. The van der Waals surface area contributed by atoms with Crippen LogP contribution in [0, 0.1) is 0 Å². The first-order valence-corrected chi connectivity index (χ1v) is 6.14. The fraction of sp³-hybridized carbons (Fsp3) is 0.385. The molecule has 2 amide bonds. The predicted octanol–water partition coefficient (Wildman–Crippen LogP) is 0.323. The van der Waals surface area contributed by atoms with Crippen molar-refractivity contribution in [3.05, 3.63) is 29.8 Å². The van der Waals surface area contributed by atoms with Gasteiger partial charge in [0.2, 0.25) is 5.91 Å². The van der Waals surface area contributed by atoms with Gasteiger partial charge in [-0.05, 0) is 38.1 Å². The Morgan fingerprint density at radius 1 is 1.37 bits per heavy atom. The van der Waals surface area contributed by atoms with E-state index >= 15 is 0 Å². The van der Waals surface area contributed by atoms with Gasteiger partial charge in [-0.1, -0.05) is 0 Å². The van der Waals surface area contributed by atoms with E-state index in [0.717, 1.165) is 5.69 Å². The lowest BCUT2D eigenvalue weighted by atomic mass is 9.97. The highest BCUT2D eigenvalue weighted by Gasteiger charge is 2.40. The maximum absolute atomic E-state index is 12.5. The van der Waals surface area contributed by atoms with E-state index in [-0.39, 0.29) is 11.8 Å². The number of anilines is 1. The highest BCUT2D eigenvalue weighted by Crippen LogP contribution is 2.21. The molecule has 1 aromatic carbocycles. The van der Waals surface area contributed by atoms with Crippen molar-refractivity contribution in [3.63, 3.8) is 0 Å². The van der Waals surface area contributed by atoms with E-state index in [0.29, 0.717) is 18.7 Å². The maximum Gasteiger partial charge on any atom is 0.254 e. The highest BCUT2D eigenvalue weighted by atomic mass is 16.2. The van der Waals surface area contributed by atoms with Gasteiger partial charge in [-0.25, -0.2) is 0 Å². The lowest BCUT2D eigenvalue weighted by Crippen LogP contribution is -2.63. The van der Waals surface area contributed by atoms with Crippen molar-refractivity contribution in [1.29, 1.82) is 0 Å². The molecule has 102 valence electrons. The number of hydrogen-bond donors (Lipinski definition) is 3. The number of nitrogen functional groups attached to an aromatic ring is 1. The lowest BCUT2D eigenvalue weighted by molar-refractivity contribution is -0.133. The Labute approximate surface area is 111 Å². The van der Waals surface area contributed by atoms with Gasteiger partial charge in [-0.15, -0.1) is 0 Å². The molecule has 2 rings (SSSR count). The lowest BCUT2D eigenvalue weighted by Gasteiger charge is -2.41. The Bertz CT molecular complexity index is 496. The molecule has 0 atom stereocenters. The van der Waals surface area contributed by atoms with Gasteiger partial charge in [0.05, 0.1) is 0 Å². The molecule has 1 aliphatic heterocycles. The van der Waals surface area contributed by atoms with Gasteiger partial charge < -0.3 is 15.6 Å². The average Bonchev–Trinajstić information content (AvgIpc) is 2.41. The van der Waals surface area contributed by atoms with Crippen molar-refractivity contribution < 1.29 is 9.59 Å². The molecule has 1 saturated heterocycles. The largest absolute Gasteiger partial charge is 0.352 e. The summed E-state index contributed by atoms with van der Waals surface area (Å²) >= 11 is 0. The van der Waals surface area contributed by atoms with E-state index in [1.165, 1.54) is 0 Å². The zero-order valence-corrected chi connectivity index (χ0v) is 11.1. The molecule has 0 spiro atoms. The summed E-state index contributed by atoms with van der Waals surface area (Å²) < 4.78 is 0. The molecule has 1 heterocycles. The predicted molar refractivity (Wildman–Crippen MR) is 72.4 cm³/mol. The minimum Gasteiger partial charge on any atom is -0.352 e. The zero-order valence-electron chi connectivity index (χ0n) is 11.1. The van der Waals surface area contributed by atoms with E-state index < -0.39 is 5.54 Å². The number of nitrogens with one attached hydrogen (secondary N) is 2. The molecule has 1 aliphatic rings. The number of benzene rings is 1. The van der Waals surface area contributed by atoms with Crippen molar-refractivity contribution >= 4 is 17.5 Å². The second kappa shape index (κ2) is 4.89. The number of hydrogen-bond acceptors (Lipinski definition) is 4. The Hall–Kier alpha value is -2.08. The molecule has 0 aromatic heterocycles. The van der Waals surface area contributed by atoms with Gasteiger partial charge >= 0.3 is 0 Å². The monoisotopic (exact) mass is 262 g/mol. The van der Waals surface area contributed by atoms with Crippen LogP contribution >= 0.6 is 0 Å². The fourth-order valence-corrected chi connectivity index (χ4v) is 2.12. The maximum atomic E-state index is 12.5. The summed E-state index contributed by atoms with van der Waals surface area (Å²) in [4.78, 5) is 25.9. The van der Waals surface area contributed by atoms with Gasteiger partial charge in [0, 0.05) is 24.3 Å². The van der Waals surface area contributed by atoms with Gasteiger partial charge in [0.15, 0.2) is 0 Å². The minimum atomic E-state index is -0.833. The van der Waals surface area contributed by atoms with Gasteiger partial charge in [-0.3, -0.25) is 15.4 Å². The number of carbonyl (C=O) groups excluding carboxylic acids is 2. The minimum absolute atomic E-state index is 0.132. The van der Waals surface area contributed by atoms with E-state index in [1.807, 2.05) is 0 Å². The molecule has 6 nitrogen and oxygen atoms in total. The number of nitrogens with zero attached hydrogens (tertiary/aromatic N) is 1. The number of carbonyl (C=O) groups is 2. The van der Waals surface area contributed by atoms with Crippen LogP contribution < -0.4 is 16.6 Å². The molecule has 0 saturated carbocycles. The summed E-state index contributed by atoms with van der Waals surface area (Å²) in [5.74, 6) is 5.00. The number of amides is 2. The standard InChI is InChI=1S/C13H18N4O2/c1-13(2)12(19)15-7-8-17(13)11(18)9-3-5-10(16-14)6-4-9/h3-6,16H,7-8,14H2,1-2H3,(H,15,19). The molecule has 1 aromatic rings. The van der Waals surface area contributed by atoms with Crippen molar-refractivity contribution in [1.82, 2.24) is 10.2 Å². The Kier molecular flexibility index (Phi) is 3.44. The normalized spacial score (nSPS) is 17.8. The molecule has 0 unspecified atom stereocenters. The quantitative estimate of drug-likeness (QED) is 0.529. The molecular weight excluding hydrogens is 244 g/mol. The molecular formula is C13H18N4O2. The number of rotatable bonds is 2. The Morgan fingerprint density at radius 2 is 2.00 bits per heavy atom. The summed E-state index contributed by atoms with van der Waals surface area (Å²) in [6.07, 6.45) is 0. The fourth-order valence-electron chi connectivity index (χ4n) is 2.12. The number of piperazine rings is 1. The molecule has 6 heteroatoms. The van der Waals surface area contributed by atoms with Crippen LogP contribution in [0.5, 0.6) is 0 Å². The van der Waals surface area contributed by atoms with Crippen LogP contribution in [0.2, 0.25) is 0 Å². The van der Waals surface area contributed by atoms with Crippen molar-refractivity contribution in [3.8, 4) is 0 Å². The van der Waals surface area contributed by atoms with E-state index in [2.05, 4.69) is 10.7 Å². The van der Waals surface area contributed by atoms with Gasteiger partial charge in [-0.2, -0.15) is 0 Å². The molecule has 0 bridgehead atoms. The third-order valence-corrected chi connectivity index (χ3v) is 3.40. The smallest absolute Gasteiger partial charge is 0.254 e. The Morgan fingerprint density at radius 3 is 2.58 bits per heavy atom.